The summed E-state index contributed by atoms with van der Waals surface area (Å²) in [5.74, 6) is -0.730. The Labute approximate surface area is 186 Å². The van der Waals surface area contributed by atoms with Crippen LogP contribution in [0.5, 0.6) is 5.75 Å². The van der Waals surface area contributed by atoms with E-state index in [2.05, 4.69) is 4.98 Å². The molecule has 2 aromatic carbocycles. The van der Waals surface area contributed by atoms with Crippen LogP contribution < -0.4 is 9.84 Å². The van der Waals surface area contributed by atoms with Gasteiger partial charge < -0.3 is 14.6 Å². The van der Waals surface area contributed by atoms with Gasteiger partial charge in [0.1, 0.15) is 5.75 Å². The van der Waals surface area contributed by atoms with E-state index in [1.165, 1.54) is 0 Å². The van der Waals surface area contributed by atoms with Crippen molar-refractivity contribution < 1.29 is 19.4 Å². The van der Waals surface area contributed by atoms with Gasteiger partial charge in [-0.1, -0.05) is 24.3 Å². The number of carboxylic acid groups (broad SMARTS) is 1. The Morgan fingerprint density at radius 3 is 2.47 bits per heavy atom. The molecule has 4 aromatic rings. The number of benzene rings is 2. The van der Waals surface area contributed by atoms with E-state index in [1.54, 1.807) is 42.0 Å². The van der Waals surface area contributed by atoms with Gasteiger partial charge in [-0.3, -0.25) is 14.3 Å². The highest BCUT2D eigenvalue weighted by Gasteiger charge is 2.19. The number of fused-ring (bicyclic) bond motifs is 1. The van der Waals surface area contributed by atoms with Crippen LogP contribution in [0, 0.1) is 13.8 Å². The summed E-state index contributed by atoms with van der Waals surface area (Å²) in [6.45, 7) is 4.26. The van der Waals surface area contributed by atoms with Gasteiger partial charge in [0.15, 0.2) is 0 Å². The Kier molecular flexibility index (Phi) is 6.03. The van der Waals surface area contributed by atoms with E-state index in [4.69, 9.17) is 4.74 Å². The van der Waals surface area contributed by atoms with Crippen molar-refractivity contribution in [2.45, 2.75) is 26.7 Å². The zero-order valence-electron chi connectivity index (χ0n) is 18.0. The van der Waals surface area contributed by atoms with Crippen molar-refractivity contribution in [3.63, 3.8) is 0 Å². The molecule has 0 N–H and O–H groups in total. The van der Waals surface area contributed by atoms with Crippen LogP contribution in [0.3, 0.4) is 0 Å². The minimum atomic E-state index is -1.18. The summed E-state index contributed by atoms with van der Waals surface area (Å²) in [6, 6.07) is 18.2. The molecule has 0 atom stereocenters. The number of hydrogen-bond donors (Lipinski definition) is 0. The van der Waals surface area contributed by atoms with Gasteiger partial charge in [-0.05, 0) is 61.4 Å². The maximum absolute atomic E-state index is 13.3. The fraction of sp³-hybridized carbons (Fsp3) is 0.192. The minimum absolute atomic E-state index is 0.223. The Hall–Kier alpha value is -3.93. The predicted octanol–water partition coefficient (Wildman–Crippen LogP) is 3.26. The van der Waals surface area contributed by atoms with Crippen molar-refractivity contribution in [1.82, 2.24) is 9.55 Å². The van der Waals surface area contributed by atoms with Gasteiger partial charge in [0, 0.05) is 47.3 Å². The van der Waals surface area contributed by atoms with Crippen molar-refractivity contribution in [3.05, 3.63) is 94.9 Å². The minimum Gasteiger partial charge on any atom is -0.550 e. The number of rotatable bonds is 7. The first-order valence-electron chi connectivity index (χ1n) is 10.4. The summed E-state index contributed by atoms with van der Waals surface area (Å²) in [5.41, 5.74) is 4.50. The number of aryl methyl sites for hydroxylation is 1. The highest BCUT2D eigenvalue weighted by atomic mass is 16.5. The molecule has 162 valence electrons. The molecule has 2 heterocycles. The van der Waals surface area contributed by atoms with Crippen LogP contribution in [0.1, 0.15) is 32.9 Å². The molecule has 0 aliphatic heterocycles. The van der Waals surface area contributed by atoms with Crippen molar-refractivity contribution in [3.8, 4) is 5.75 Å². The van der Waals surface area contributed by atoms with Crippen LogP contribution in [-0.2, 0) is 17.6 Å². The van der Waals surface area contributed by atoms with Gasteiger partial charge in [0.25, 0.3) is 5.91 Å². The lowest BCUT2D eigenvalue weighted by molar-refractivity contribution is -0.304. The van der Waals surface area contributed by atoms with E-state index in [9.17, 15) is 14.7 Å². The summed E-state index contributed by atoms with van der Waals surface area (Å²) < 4.78 is 7.38. The summed E-state index contributed by atoms with van der Waals surface area (Å²) in [5, 5.41) is 12.0. The Morgan fingerprint density at radius 2 is 1.75 bits per heavy atom. The Bertz CT molecular complexity index is 1290. The maximum Gasteiger partial charge on any atom is 0.262 e. The highest BCUT2D eigenvalue weighted by molar-refractivity contribution is 6.04. The molecule has 32 heavy (non-hydrogen) atoms. The fourth-order valence-electron chi connectivity index (χ4n) is 3.93. The second-order valence-electron chi connectivity index (χ2n) is 7.66. The lowest BCUT2D eigenvalue weighted by Crippen LogP contribution is -2.24. The van der Waals surface area contributed by atoms with Gasteiger partial charge >= 0.3 is 0 Å². The summed E-state index contributed by atoms with van der Waals surface area (Å²) >= 11 is 0. The number of pyridine rings is 1. The molecule has 0 amide bonds. The molecule has 6 nitrogen and oxygen atoms in total. The van der Waals surface area contributed by atoms with E-state index in [-0.39, 0.29) is 12.3 Å². The first kappa shape index (κ1) is 21.3. The SMILES string of the molecule is Cc1cccnc1CCOc1ccc(C(=O)n2c(C)c(CC(=O)[O-])c3ccccc32)cc1. The monoisotopic (exact) mass is 427 g/mol. The van der Waals surface area contributed by atoms with E-state index >= 15 is 0 Å². The van der Waals surface area contributed by atoms with Gasteiger partial charge in [-0.15, -0.1) is 0 Å². The molecular weight excluding hydrogens is 404 g/mol. The third-order valence-electron chi connectivity index (χ3n) is 5.59. The predicted molar refractivity (Wildman–Crippen MR) is 120 cm³/mol. The number of para-hydroxylation sites is 1. The zero-order chi connectivity index (χ0) is 22.7. The largest absolute Gasteiger partial charge is 0.550 e. The van der Waals surface area contributed by atoms with E-state index in [1.807, 2.05) is 43.3 Å². The summed E-state index contributed by atoms with van der Waals surface area (Å²) in [6.07, 6.45) is 2.23. The number of carbonyl (C=O) groups excluding carboxylic acids is 2. The molecule has 0 aliphatic rings. The first-order chi connectivity index (χ1) is 15.5. The van der Waals surface area contributed by atoms with Gasteiger partial charge in [0.05, 0.1) is 12.1 Å². The second kappa shape index (κ2) is 9.06. The number of aromatic nitrogens is 2. The van der Waals surface area contributed by atoms with Gasteiger partial charge in [0.2, 0.25) is 0 Å². The normalized spacial score (nSPS) is 10.9. The maximum atomic E-state index is 13.3. The first-order valence-corrected chi connectivity index (χ1v) is 10.4. The zero-order valence-corrected chi connectivity index (χ0v) is 18.0. The molecule has 0 spiro atoms. The number of nitrogens with zero attached hydrogens (tertiary/aromatic N) is 2. The number of ether oxygens (including phenoxy) is 1. The highest BCUT2D eigenvalue weighted by Crippen LogP contribution is 2.27. The van der Waals surface area contributed by atoms with E-state index in [0.29, 0.717) is 41.1 Å². The molecule has 0 saturated carbocycles. The number of aliphatic carboxylic acids is 1. The van der Waals surface area contributed by atoms with E-state index in [0.717, 1.165) is 16.6 Å². The van der Waals surface area contributed by atoms with Crippen LogP contribution in [0.15, 0.2) is 66.9 Å². The molecule has 0 radical (unpaired) electrons. The van der Waals surface area contributed by atoms with Crippen molar-refractivity contribution in [1.29, 1.82) is 0 Å². The molecule has 4 rings (SSSR count). The molecule has 0 bridgehead atoms. The number of hydrogen-bond acceptors (Lipinski definition) is 5. The van der Waals surface area contributed by atoms with Crippen molar-refractivity contribution in [2.75, 3.05) is 6.61 Å². The average molecular weight is 427 g/mol. The van der Waals surface area contributed by atoms with Crippen LogP contribution in [0.25, 0.3) is 10.9 Å². The summed E-state index contributed by atoms with van der Waals surface area (Å²) in [7, 11) is 0. The lowest BCUT2D eigenvalue weighted by Gasteiger charge is -2.10. The van der Waals surface area contributed by atoms with Crippen LogP contribution >= 0.6 is 0 Å². The van der Waals surface area contributed by atoms with Crippen LogP contribution in [-0.4, -0.2) is 28.0 Å². The molecule has 6 heteroatoms. The summed E-state index contributed by atoms with van der Waals surface area (Å²) in [4.78, 5) is 28.9. The molecule has 0 unspecified atom stereocenters. The Morgan fingerprint density at radius 1 is 1.00 bits per heavy atom. The number of carbonyl (C=O) groups is 2. The van der Waals surface area contributed by atoms with Crippen LogP contribution in [0.2, 0.25) is 0 Å². The molecule has 0 aliphatic carbocycles. The molecule has 2 aromatic heterocycles. The second-order valence-corrected chi connectivity index (χ2v) is 7.66. The smallest absolute Gasteiger partial charge is 0.262 e. The van der Waals surface area contributed by atoms with Crippen LogP contribution in [0.4, 0.5) is 0 Å². The fourth-order valence-corrected chi connectivity index (χ4v) is 3.93. The van der Waals surface area contributed by atoms with Gasteiger partial charge in [-0.2, -0.15) is 0 Å². The van der Waals surface area contributed by atoms with E-state index < -0.39 is 5.97 Å². The Balaban J connectivity index is 1.53. The third-order valence-corrected chi connectivity index (χ3v) is 5.59. The van der Waals surface area contributed by atoms with Gasteiger partial charge in [-0.25, -0.2) is 0 Å². The topological polar surface area (TPSA) is 84.2 Å². The lowest BCUT2D eigenvalue weighted by atomic mass is 10.1. The van der Waals surface area contributed by atoms with Crippen molar-refractivity contribution in [2.24, 2.45) is 0 Å². The standard InChI is InChI=1S/C26H24N2O4/c1-17-6-5-14-27-23(17)13-15-32-20-11-9-19(10-12-20)26(31)28-18(2)22(16-25(29)30)21-7-3-4-8-24(21)28/h3-12,14H,13,15-16H2,1-2H3,(H,29,30)/p-1. The average Bonchev–Trinajstić information content (AvgIpc) is 3.06. The number of carboxylic acids is 1. The molecule has 0 fully saturated rings. The third kappa shape index (κ3) is 4.25. The quantitative estimate of drug-likeness (QED) is 0.452. The molecular formula is C26H23N2O4-. The molecule has 0 saturated heterocycles. The van der Waals surface area contributed by atoms with Crippen molar-refractivity contribution >= 4 is 22.8 Å².